The molecule has 0 unspecified atom stereocenters. The first-order valence-corrected chi connectivity index (χ1v) is 8.22. The Kier molecular flexibility index (Phi) is 4.79. The molecule has 0 spiro atoms. The molecule has 0 radical (unpaired) electrons. The number of hydrogen-bond donors (Lipinski definition) is 1. The Morgan fingerprint density at radius 3 is 2.64 bits per heavy atom. The minimum atomic E-state index is -0.707. The van der Waals surface area contributed by atoms with Crippen LogP contribution in [0.25, 0.3) is 0 Å². The first kappa shape index (κ1) is 17.5. The normalized spacial score (nSPS) is 15.5. The van der Waals surface area contributed by atoms with Gasteiger partial charge >= 0.3 is 5.97 Å². The molecule has 25 heavy (non-hydrogen) atoms. The summed E-state index contributed by atoms with van der Waals surface area (Å²) in [5, 5.41) is 3.28. The number of hydrogen-bond acceptors (Lipinski definition) is 4. The molecule has 5 nitrogen and oxygen atoms in total. The van der Waals surface area contributed by atoms with E-state index in [0.29, 0.717) is 16.3 Å². The maximum atomic E-state index is 12.3. The maximum Gasteiger partial charge on any atom is 0.340 e. The molecule has 1 aliphatic heterocycles. The second kappa shape index (κ2) is 6.86. The Labute approximate surface area is 153 Å². The van der Waals surface area contributed by atoms with E-state index in [1.165, 1.54) is 18.2 Å². The van der Waals surface area contributed by atoms with Gasteiger partial charge in [0.15, 0.2) is 12.4 Å². The van der Waals surface area contributed by atoms with Gasteiger partial charge in [-0.25, -0.2) is 4.79 Å². The van der Waals surface area contributed by atoms with Crippen LogP contribution in [-0.2, 0) is 9.53 Å². The molecule has 1 atom stereocenters. The number of carbonyl (C=O) groups excluding carboxylic acids is 3. The Bertz CT molecular complexity index is 895. The maximum absolute atomic E-state index is 12.3. The molecule has 1 heterocycles. The number of anilines is 1. The third-order valence-electron chi connectivity index (χ3n) is 3.98. The van der Waals surface area contributed by atoms with E-state index in [2.05, 4.69) is 5.32 Å². The number of nitrogens with one attached hydrogen (secondary N) is 1. The van der Waals surface area contributed by atoms with Gasteiger partial charge in [0, 0.05) is 16.3 Å². The summed E-state index contributed by atoms with van der Waals surface area (Å²) in [4.78, 5) is 36.0. The molecule has 0 bridgehead atoms. The smallest absolute Gasteiger partial charge is 0.340 e. The summed E-state index contributed by atoms with van der Waals surface area (Å²) in [6.07, 6.45) is 0. The quantitative estimate of drug-likeness (QED) is 0.643. The van der Waals surface area contributed by atoms with Gasteiger partial charge in [0.1, 0.15) is 0 Å². The van der Waals surface area contributed by atoms with Crippen molar-refractivity contribution in [2.45, 2.75) is 12.8 Å². The van der Waals surface area contributed by atoms with E-state index in [9.17, 15) is 14.4 Å². The van der Waals surface area contributed by atoms with E-state index < -0.39 is 12.6 Å². The molecule has 3 rings (SSSR count). The molecule has 0 saturated heterocycles. The molecule has 0 aliphatic carbocycles. The predicted molar refractivity (Wildman–Crippen MR) is 94.6 cm³/mol. The van der Waals surface area contributed by atoms with Gasteiger partial charge in [-0.15, -0.1) is 0 Å². The molecule has 2 aromatic rings. The van der Waals surface area contributed by atoms with Gasteiger partial charge in [0.25, 0.3) is 0 Å². The van der Waals surface area contributed by atoms with Crippen LogP contribution in [0.1, 0.15) is 39.1 Å². The molecular weight excluding hydrogens is 365 g/mol. The van der Waals surface area contributed by atoms with E-state index in [0.717, 1.165) is 5.56 Å². The zero-order valence-corrected chi connectivity index (χ0v) is 14.6. The number of esters is 1. The highest BCUT2D eigenvalue weighted by molar-refractivity contribution is 6.36. The third-order valence-corrected chi connectivity index (χ3v) is 4.52. The number of rotatable bonds is 4. The van der Waals surface area contributed by atoms with Crippen molar-refractivity contribution in [2.24, 2.45) is 0 Å². The van der Waals surface area contributed by atoms with E-state index >= 15 is 0 Å². The number of amides is 1. The third kappa shape index (κ3) is 3.52. The van der Waals surface area contributed by atoms with E-state index in [1.807, 2.05) is 0 Å². The lowest BCUT2D eigenvalue weighted by Crippen LogP contribution is -2.15. The number of ketones is 1. The van der Waals surface area contributed by atoms with Crippen molar-refractivity contribution in [3.8, 4) is 0 Å². The van der Waals surface area contributed by atoms with Gasteiger partial charge in [-0.05, 0) is 48.9 Å². The molecule has 0 fully saturated rings. The highest BCUT2D eigenvalue weighted by atomic mass is 35.5. The molecule has 0 aromatic heterocycles. The average Bonchev–Trinajstić information content (AvgIpc) is 2.86. The van der Waals surface area contributed by atoms with E-state index in [-0.39, 0.29) is 28.2 Å². The van der Waals surface area contributed by atoms with Crippen molar-refractivity contribution >= 4 is 46.5 Å². The molecule has 2 aromatic carbocycles. The summed E-state index contributed by atoms with van der Waals surface area (Å²) < 4.78 is 5.03. The zero-order chi connectivity index (χ0) is 18.1. The summed E-state index contributed by atoms with van der Waals surface area (Å²) in [5.74, 6) is -1.50. The van der Waals surface area contributed by atoms with Gasteiger partial charge in [-0.3, -0.25) is 9.59 Å². The van der Waals surface area contributed by atoms with Crippen molar-refractivity contribution in [1.82, 2.24) is 0 Å². The van der Waals surface area contributed by atoms with Crippen molar-refractivity contribution < 1.29 is 19.1 Å². The highest BCUT2D eigenvalue weighted by Crippen LogP contribution is 2.32. The fourth-order valence-electron chi connectivity index (χ4n) is 2.54. The fourth-order valence-corrected chi connectivity index (χ4v) is 3.02. The van der Waals surface area contributed by atoms with Crippen LogP contribution in [0, 0.1) is 0 Å². The monoisotopic (exact) mass is 377 g/mol. The first-order valence-electron chi connectivity index (χ1n) is 7.47. The van der Waals surface area contributed by atoms with E-state index in [4.69, 9.17) is 27.9 Å². The lowest BCUT2D eigenvalue weighted by Gasteiger charge is -2.08. The molecule has 7 heteroatoms. The minimum absolute atomic E-state index is 0.108. The zero-order valence-electron chi connectivity index (χ0n) is 13.1. The molecular formula is C18H13Cl2NO4. The predicted octanol–water partition coefficient (Wildman–Crippen LogP) is 4.09. The number of fused-ring (bicyclic) bond motifs is 1. The molecule has 1 aliphatic rings. The first-order chi connectivity index (χ1) is 11.9. The van der Waals surface area contributed by atoms with Gasteiger partial charge in [-0.2, -0.15) is 0 Å². The summed E-state index contributed by atoms with van der Waals surface area (Å²) in [6.45, 7) is 1.34. The van der Waals surface area contributed by atoms with E-state index in [1.54, 1.807) is 25.1 Å². The second-order valence-electron chi connectivity index (χ2n) is 5.64. The number of halogens is 2. The standard InChI is InChI=1S/C18H13Cl2NO4/c1-9-13-6-10(2-5-15(13)21-17(9)23)16(22)8-25-18(24)12-4-3-11(19)7-14(12)20/h2-7,9H,8H2,1H3,(H,21,23)/t9-/m0/s1. The SMILES string of the molecule is C[C@@H]1C(=O)Nc2ccc(C(=O)COC(=O)c3ccc(Cl)cc3Cl)cc21. The molecule has 1 amide bonds. The number of carbonyl (C=O) groups is 3. The van der Waals surface area contributed by atoms with Crippen LogP contribution < -0.4 is 5.32 Å². The van der Waals surface area contributed by atoms with Crippen LogP contribution >= 0.6 is 23.2 Å². The lowest BCUT2D eigenvalue weighted by molar-refractivity contribution is -0.116. The van der Waals surface area contributed by atoms with Crippen LogP contribution in [-0.4, -0.2) is 24.3 Å². The van der Waals surface area contributed by atoms with Crippen molar-refractivity contribution in [3.05, 3.63) is 63.1 Å². The van der Waals surface area contributed by atoms with Gasteiger partial charge in [0.2, 0.25) is 5.91 Å². The summed E-state index contributed by atoms with van der Waals surface area (Å²) >= 11 is 11.7. The Morgan fingerprint density at radius 2 is 1.92 bits per heavy atom. The largest absolute Gasteiger partial charge is 0.454 e. The van der Waals surface area contributed by atoms with Gasteiger partial charge in [-0.1, -0.05) is 23.2 Å². The number of benzene rings is 2. The number of ether oxygens (including phenoxy) is 1. The fraction of sp³-hybridized carbons (Fsp3) is 0.167. The molecule has 1 N–H and O–H groups in total. The van der Waals surface area contributed by atoms with Gasteiger partial charge < -0.3 is 10.1 Å². The van der Waals surface area contributed by atoms with Gasteiger partial charge in [0.05, 0.1) is 16.5 Å². The van der Waals surface area contributed by atoms with Crippen LogP contribution in [0.4, 0.5) is 5.69 Å². The highest BCUT2D eigenvalue weighted by Gasteiger charge is 2.27. The Hall–Kier alpha value is -2.37. The summed E-state index contributed by atoms with van der Waals surface area (Å²) in [6, 6.07) is 9.27. The van der Waals surface area contributed by atoms with Crippen molar-refractivity contribution in [3.63, 3.8) is 0 Å². The lowest BCUT2D eigenvalue weighted by atomic mass is 9.99. The Morgan fingerprint density at radius 1 is 1.16 bits per heavy atom. The summed E-state index contributed by atoms with van der Waals surface area (Å²) in [5.41, 5.74) is 1.95. The average molecular weight is 378 g/mol. The van der Waals surface area contributed by atoms with Crippen LogP contribution in [0.5, 0.6) is 0 Å². The summed E-state index contributed by atoms with van der Waals surface area (Å²) in [7, 11) is 0. The molecule has 128 valence electrons. The molecule has 0 saturated carbocycles. The van der Waals surface area contributed by atoms with Crippen molar-refractivity contribution in [2.75, 3.05) is 11.9 Å². The van der Waals surface area contributed by atoms with Crippen LogP contribution in [0.3, 0.4) is 0 Å². The Balaban J connectivity index is 1.69. The topological polar surface area (TPSA) is 72.5 Å². The minimum Gasteiger partial charge on any atom is -0.454 e. The van der Waals surface area contributed by atoms with Crippen molar-refractivity contribution in [1.29, 1.82) is 0 Å². The van der Waals surface area contributed by atoms with Crippen LogP contribution in [0.15, 0.2) is 36.4 Å². The number of Topliss-reactive ketones (excluding diaryl/α,β-unsaturated/α-hetero) is 1. The van der Waals surface area contributed by atoms with Crippen LogP contribution in [0.2, 0.25) is 10.0 Å². The second-order valence-corrected chi connectivity index (χ2v) is 6.48.